The number of rotatable bonds is 3. The van der Waals surface area contributed by atoms with Gasteiger partial charge in [-0.25, -0.2) is 0 Å². The lowest BCUT2D eigenvalue weighted by Gasteiger charge is -2.38. The van der Waals surface area contributed by atoms with E-state index in [1.165, 1.54) is 51.4 Å². The van der Waals surface area contributed by atoms with Crippen LogP contribution in [-0.2, 0) is 0 Å². The van der Waals surface area contributed by atoms with E-state index < -0.39 is 0 Å². The van der Waals surface area contributed by atoms with Gasteiger partial charge in [-0.1, -0.05) is 32.1 Å². The van der Waals surface area contributed by atoms with Crippen LogP contribution in [-0.4, -0.2) is 22.8 Å². The van der Waals surface area contributed by atoms with Crippen molar-refractivity contribution >= 4 is 0 Å². The van der Waals surface area contributed by atoms with Crippen LogP contribution >= 0.6 is 0 Å². The van der Waals surface area contributed by atoms with Gasteiger partial charge in [0.25, 0.3) is 0 Å². The minimum atomic E-state index is -0.325. The summed E-state index contributed by atoms with van der Waals surface area (Å²) in [4.78, 5) is 0. The van der Waals surface area contributed by atoms with Gasteiger partial charge in [0.1, 0.15) is 0 Å². The Bertz CT molecular complexity index is 248. The van der Waals surface area contributed by atoms with E-state index in [4.69, 9.17) is 0 Å². The SMILES string of the molecule is OC1(CCC2CCCCC2)CC2CCC(C1)N2. The van der Waals surface area contributed by atoms with E-state index in [1.54, 1.807) is 0 Å². The largest absolute Gasteiger partial charge is 0.390 e. The fraction of sp³-hybridized carbons (Fsp3) is 1.00. The second kappa shape index (κ2) is 4.89. The molecule has 98 valence electrons. The lowest BCUT2D eigenvalue weighted by Crippen LogP contribution is -2.48. The average molecular weight is 237 g/mol. The highest BCUT2D eigenvalue weighted by molar-refractivity contribution is 4.99. The summed E-state index contributed by atoms with van der Waals surface area (Å²) in [6, 6.07) is 1.23. The van der Waals surface area contributed by atoms with Crippen LogP contribution in [0.15, 0.2) is 0 Å². The van der Waals surface area contributed by atoms with Gasteiger partial charge < -0.3 is 10.4 Å². The topological polar surface area (TPSA) is 32.3 Å². The first-order valence-electron chi connectivity index (χ1n) is 7.72. The molecule has 2 aliphatic heterocycles. The minimum Gasteiger partial charge on any atom is -0.390 e. The Balaban J connectivity index is 1.50. The van der Waals surface area contributed by atoms with Crippen molar-refractivity contribution < 1.29 is 5.11 Å². The summed E-state index contributed by atoms with van der Waals surface area (Å²) in [7, 11) is 0. The van der Waals surface area contributed by atoms with Gasteiger partial charge in [0.2, 0.25) is 0 Å². The molecule has 2 unspecified atom stereocenters. The minimum absolute atomic E-state index is 0.325. The molecule has 2 heteroatoms. The van der Waals surface area contributed by atoms with E-state index >= 15 is 0 Å². The first-order chi connectivity index (χ1) is 8.23. The van der Waals surface area contributed by atoms with Gasteiger partial charge >= 0.3 is 0 Å². The van der Waals surface area contributed by atoms with Crippen LogP contribution < -0.4 is 5.32 Å². The summed E-state index contributed by atoms with van der Waals surface area (Å²) in [5.41, 5.74) is -0.325. The molecule has 2 bridgehead atoms. The molecule has 0 amide bonds. The Morgan fingerprint density at radius 1 is 0.941 bits per heavy atom. The molecule has 3 fully saturated rings. The average Bonchev–Trinajstić information content (AvgIpc) is 2.69. The second-order valence-corrected chi connectivity index (χ2v) is 6.81. The van der Waals surface area contributed by atoms with E-state index in [-0.39, 0.29) is 5.60 Å². The van der Waals surface area contributed by atoms with Crippen LogP contribution in [0.2, 0.25) is 0 Å². The standard InChI is InChI=1S/C15H27NO/c17-15(9-8-12-4-2-1-3-5-12)10-13-6-7-14(11-15)16-13/h12-14,16-17H,1-11H2. The van der Waals surface area contributed by atoms with Crippen molar-refractivity contribution in [3.63, 3.8) is 0 Å². The molecule has 0 radical (unpaired) electrons. The number of hydrogen-bond acceptors (Lipinski definition) is 2. The summed E-state index contributed by atoms with van der Waals surface area (Å²) in [5, 5.41) is 14.4. The van der Waals surface area contributed by atoms with Crippen LogP contribution in [0.5, 0.6) is 0 Å². The van der Waals surface area contributed by atoms with E-state index in [9.17, 15) is 5.11 Å². The van der Waals surface area contributed by atoms with Gasteiger partial charge in [-0.05, 0) is 44.4 Å². The monoisotopic (exact) mass is 237 g/mol. The molecule has 3 rings (SSSR count). The summed E-state index contributed by atoms with van der Waals surface area (Å²) >= 11 is 0. The van der Waals surface area contributed by atoms with Crippen LogP contribution in [0.4, 0.5) is 0 Å². The Hall–Kier alpha value is -0.0800. The zero-order valence-corrected chi connectivity index (χ0v) is 11.0. The van der Waals surface area contributed by atoms with Crippen LogP contribution in [0.1, 0.15) is 70.6 Å². The fourth-order valence-corrected chi connectivity index (χ4v) is 4.38. The van der Waals surface area contributed by atoms with Gasteiger partial charge in [-0.2, -0.15) is 0 Å². The normalized spacial score (nSPS) is 42.9. The number of piperidine rings is 1. The van der Waals surface area contributed by atoms with Crippen LogP contribution in [0, 0.1) is 5.92 Å². The number of nitrogens with one attached hydrogen (secondary N) is 1. The van der Waals surface area contributed by atoms with Gasteiger partial charge in [-0.3, -0.25) is 0 Å². The predicted molar refractivity (Wildman–Crippen MR) is 69.9 cm³/mol. The first kappa shape index (κ1) is 12.0. The quantitative estimate of drug-likeness (QED) is 0.791. The molecule has 0 aromatic rings. The predicted octanol–water partition coefficient (Wildman–Crippen LogP) is 2.99. The third-order valence-corrected chi connectivity index (χ3v) is 5.33. The van der Waals surface area contributed by atoms with Crippen molar-refractivity contribution in [2.75, 3.05) is 0 Å². The van der Waals surface area contributed by atoms with E-state index in [1.807, 2.05) is 0 Å². The third kappa shape index (κ3) is 2.85. The molecule has 2 atom stereocenters. The summed E-state index contributed by atoms with van der Waals surface area (Å²) in [6.07, 6.45) is 14.1. The molecular weight excluding hydrogens is 210 g/mol. The zero-order valence-electron chi connectivity index (χ0n) is 11.0. The Morgan fingerprint density at radius 3 is 2.24 bits per heavy atom. The Labute approximate surface area is 105 Å². The van der Waals surface area contributed by atoms with Crippen LogP contribution in [0.25, 0.3) is 0 Å². The third-order valence-electron chi connectivity index (χ3n) is 5.33. The van der Waals surface area contributed by atoms with Gasteiger partial charge in [0, 0.05) is 12.1 Å². The Morgan fingerprint density at radius 2 is 1.59 bits per heavy atom. The van der Waals surface area contributed by atoms with Crippen molar-refractivity contribution in [1.82, 2.24) is 5.32 Å². The molecule has 3 aliphatic rings. The summed E-state index contributed by atoms with van der Waals surface area (Å²) < 4.78 is 0. The van der Waals surface area contributed by atoms with Crippen molar-refractivity contribution in [2.24, 2.45) is 5.92 Å². The lowest BCUT2D eigenvalue weighted by atomic mass is 9.78. The summed E-state index contributed by atoms with van der Waals surface area (Å²) in [6.45, 7) is 0. The van der Waals surface area contributed by atoms with Crippen molar-refractivity contribution in [3.05, 3.63) is 0 Å². The first-order valence-corrected chi connectivity index (χ1v) is 7.72. The molecule has 2 saturated heterocycles. The molecule has 0 aromatic carbocycles. The molecular formula is C15H27NO. The second-order valence-electron chi connectivity index (χ2n) is 6.81. The summed E-state index contributed by atoms with van der Waals surface area (Å²) in [5.74, 6) is 0.917. The molecule has 0 spiro atoms. The van der Waals surface area contributed by atoms with Crippen molar-refractivity contribution in [3.8, 4) is 0 Å². The lowest BCUT2D eigenvalue weighted by molar-refractivity contribution is -0.0198. The van der Waals surface area contributed by atoms with Gasteiger partial charge in [-0.15, -0.1) is 0 Å². The molecule has 2 N–H and O–H groups in total. The Kier molecular flexibility index (Phi) is 3.45. The highest BCUT2D eigenvalue weighted by Crippen LogP contribution is 2.38. The van der Waals surface area contributed by atoms with Crippen molar-refractivity contribution in [2.45, 2.75) is 88.3 Å². The van der Waals surface area contributed by atoms with Gasteiger partial charge in [0.05, 0.1) is 5.60 Å². The van der Waals surface area contributed by atoms with Crippen LogP contribution in [0.3, 0.4) is 0 Å². The number of aliphatic hydroxyl groups is 1. The maximum Gasteiger partial charge on any atom is 0.0677 e. The van der Waals surface area contributed by atoms with E-state index in [0.29, 0.717) is 12.1 Å². The highest BCUT2D eigenvalue weighted by Gasteiger charge is 2.42. The maximum atomic E-state index is 10.7. The fourth-order valence-electron chi connectivity index (χ4n) is 4.38. The number of hydrogen-bond donors (Lipinski definition) is 2. The number of fused-ring (bicyclic) bond motifs is 2. The highest BCUT2D eigenvalue weighted by atomic mass is 16.3. The molecule has 1 saturated carbocycles. The molecule has 2 nitrogen and oxygen atoms in total. The molecule has 2 heterocycles. The smallest absolute Gasteiger partial charge is 0.0677 e. The zero-order chi connectivity index (χ0) is 11.7. The van der Waals surface area contributed by atoms with Crippen molar-refractivity contribution in [1.29, 1.82) is 0 Å². The molecule has 0 aromatic heterocycles. The van der Waals surface area contributed by atoms with Gasteiger partial charge in [0.15, 0.2) is 0 Å². The maximum absolute atomic E-state index is 10.7. The molecule has 1 aliphatic carbocycles. The van der Waals surface area contributed by atoms with E-state index in [0.717, 1.165) is 25.2 Å². The van der Waals surface area contributed by atoms with E-state index in [2.05, 4.69) is 5.32 Å². The molecule has 17 heavy (non-hydrogen) atoms.